The summed E-state index contributed by atoms with van der Waals surface area (Å²) >= 11 is 20.6. The normalized spacial score (nSPS) is 14.9. The van der Waals surface area contributed by atoms with Crippen LogP contribution in [0.1, 0.15) is 19.3 Å². The van der Waals surface area contributed by atoms with E-state index in [0.29, 0.717) is 17.0 Å². The minimum absolute atomic E-state index is 0.310. The zero-order valence-electron chi connectivity index (χ0n) is 16.0. The zero-order valence-corrected chi connectivity index (χ0v) is 19.9. The van der Waals surface area contributed by atoms with E-state index in [1.54, 1.807) is 17.4 Å². The topological polar surface area (TPSA) is 49.3 Å². The number of aliphatic hydroxyl groups is 1. The van der Waals surface area contributed by atoms with E-state index in [1.165, 1.54) is 11.3 Å². The number of halogens is 3. The Kier molecular flexibility index (Phi) is 7.34. The first kappa shape index (κ1) is 22.1. The van der Waals surface area contributed by atoms with Crippen LogP contribution in [0.25, 0.3) is 20.4 Å². The average molecular weight is 501 g/mol. The molecule has 4 aromatic rings. The predicted octanol–water partition coefficient (Wildman–Crippen LogP) is 7.15. The molecule has 1 fully saturated rings. The Labute approximate surface area is 198 Å². The Bertz CT molecular complexity index is 1140. The lowest BCUT2D eigenvalue weighted by molar-refractivity contribution is 0.240. The van der Waals surface area contributed by atoms with Gasteiger partial charge in [0.2, 0.25) is 0 Å². The van der Waals surface area contributed by atoms with Crippen molar-refractivity contribution in [2.45, 2.75) is 19.3 Å². The molecule has 2 aromatic carbocycles. The summed E-state index contributed by atoms with van der Waals surface area (Å²) in [6.45, 7) is 2.39. The lowest BCUT2D eigenvalue weighted by atomic mass is 9.94. The molecule has 0 spiro atoms. The van der Waals surface area contributed by atoms with Crippen LogP contribution in [0.5, 0.6) is 0 Å². The van der Waals surface area contributed by atoms with Crippen LogP contribution in [0.2, 0.25) is 14.5 Å². The number of fused-ring (bicyclic) bond motifs is 2. The van der Waals surface area contributed by atoms with Gasteiger partial charge >= 0.3 is 0 Å². The van der Waals surface area contributed by atoms with Crippen LogP contribution in [0.3, 0.4) is 0 Å². The fraction of sp³-hybridized carbons (Fsp3) is 0.333. The van der Waals surface area contributed by atoms with Gasteiger partial charge in [-0.25, -0.2) is 9.97 Å². The van der Waals surface area contributed by atoms with Crippen LogP contribution >= 0.6 is 57.5 Å². The van der Waals surface area contributed by atoms with E-state index in [2.05, 4.69) is 14.9 Å². The van der Waals surface area contributed by atoms with Gasteiger partial charge in [-0.2, -0.15) is 0 Å². The molecule has 0 amide bonds. The number of aliphatic hydroxyl groups excluding tert-OH is 1. The fourth-order valence-corrected chi connectivity index (χ4v) is 6.09. The lowest BCUT2D eigenvalue weighted by Gasteiger charge is -2.31. The minimum Gasteiger partial charge on any atom is -0.396 e. The van der Waals surface area contributed by atoms with E-state index < -0.39 is 0 Å². The van der Waals surface area contributed by atoms with E-state index in [9.17, 15) is 0 Å². The van der Waals surface area contributed by atoms with Crippen LogP contribution < -0.4 is 4.90 Å². The van der Waals surface area contributed by atoms with E-state index in [1.807, 2.05) is 30.3 Å². The van der Waals surface area contributed by atoms with Gasteiger partial charge in [-0.15, -0.1) is 11.3 Å². The Morgan fingerprint density at radius 2 is 1.50 bits per heavy atom. The maximum atomic E-state index is 8.99. The third kappa shape index (κ3) is 5.36. The smallest absolute Gasteiger partial charge is 0.186 e. The molecule has 0 aliphatic carbocycles. The first-order valence-corrected chi connectivity index (χ1v) is 12.4. The summed E-state index contributed by atoms with van der Waals surface area (Å²) in [5.41, 5.74) is 1.94. The van der Waals surface area contributed by atoms with Crippen molar-refractivity contribution in [2.75, 3.05) is 24.6 Å². The summed E-state index contributed by atoms with van der Waals surface area (Å²) < 4.78 is 2.74. The molecule has 2 aromatic heterocycles. The van der Waals surface area contributed by atoms with E-state index >= 15 is 0 Å². The highest BCUT2D eigenvalue weighted by Crippen LogP contribution is 2.33. The molecule has 1 aliphatic rings. The highest BCUT2D eigenvalue weighted by molar-refractivity contribution is 7.22. The number of nitrogens with zero attached hydrogens (tertiary/aromatic N) is 3. The number of aromatic nitrogens is 2. The molecule has 158 valence electrons. The largest absolute Gasteiger partial charge is 0.396 e. The number of hydrogen-bond donors (Lipinski definition) is 1. The number of benzene rings is 2. The molecule has 0 radical (unpaired) electrons. The highest BCUT2D eigenvalue weighted by atomic mass is 35.5. The van der Waals surface area contributed by atoms with Crippen molar-refractivity contribution >= 4 is 83.0 Å². The van der Waals surface area contributed by atoms with Gasteiger partial charge < -0.3 is 10.0 Å². The summed E-state index contributed by atoms with van der Waals surface area (Å²) in [7, 11) is 0. The van der Waals surface area contributed by atoms with Gasteiger partial charge in [0.25, 0.3) is 0 Å². The molecule has 30 heavy (non-hydrogen) atoms. The lowest BCUT2D eigenvalue weighted by Crippen LogP contribution is -2.33. The van der Waals surface area contributed by atoms with E-state index in [-0.39, 0.29) is 0 Å². The van der Waals surface area contributed by atoms with Crippen LogP contribution in [-0.2, 0) is 0 Å². The quantitative estimate of drug-likeness (QED) is 0.324. The van der Waals surface area contributed by atoms with Gasteiger partial charge in [-0.3, -0.25) is 0 Å². The third-order valence-corrected chi connectivity index (χ3v) is 7.76. The van der Waals surface area contributed by atoms with Gasteiger partial charge in [0, 0.05) is 29.7 Å². The first-order valence-electron chi connectivity index (χ1n) is 9.65. The number of anilines is 1. The molecular formula is C21H20Cl3N3OS2. The van der Waals surface area contributed by atoms with Crippen LogP contribution in [0, 0.1) is 5.92 Å². The Morgan fingerprint density at radius 1 is 0.900 bits per heavy atom. The average Bonchev–Trinajstić information content (AvgIpc) is 3.31. The highest BCUT2D eigenvalue weighted by Gasteiger charge is 2.21. The van der Waals surface area contributed by atoms with Gasteiger partial charge in [0.1, 0.15) is 0 Å². The molecule has 0 atom stereocenters. The number of thiazole rings is 2. The summed E-state index contributed by atoms with van der Waals surface area (Å²) in [6.07, 6.45) is 3.23. The number of piperidine rings is 1. The van der Waals surface area contributed by atoms with Crippen molar-refractivity contribution < 1.29 is 5.11 Å². The van der Waals surface area contributed by atoms with Crippen LogP contribution in [0.4, 0.5) is 5.13 Å². The predicted molar refractivity (Wildman–Crippen MR) is 131 cm³/mol. The van der Waals surface area contributed by atoms with Crippen molar-refractivity contribution in [3.8, 4) is 0 Å². The van der Waals surface area contributed by atoms with Gasteiger partial charge in [-0.05, 0) is 61.6 Å². The van der Waals surface area contributed by atoms with Crippen molar-refractivity contribution in [2.24, 2.45) is 5.92 Å². The minimum atomic E-state index is 0.310. The molecule has 3 heterocycles. The first-order chi connectivity index (χ1) is 14.5. The molecule has 4 nitrogen and oxygen atoms in total. The van der Waals surface area contributed by atoms with Gasteiger partial charge in [-0.1, -0.05) is 46.1 Å². The molecule has 1 aliphatic heterocycles. The van der Waals surface area contributed by atoms with Gasteiger partial charge in [0.05, 0.1) is 20.4 Å². The molecular weight excluding hydrogens is 481 g/mol. The van der Waals surface area contributed by atoms with E-state index in [0.717, 1.165) is 68.0 Å². The SMILES string of the molecule is Clc1ccc2nc(Cl)sc2c1.OCCC1CCN(c2nc3ccc(Cl)cc3s2)CC1. The summed E-state index contributed by atoms with van der Waals surface area (Å²) in [5.74, 6) is 0.671. The maximum absolute atomic E-state index is 8.99. The molecule has 0 bridgehead atoms. The molecule has 9 heteroatoms. The Balaban J connectivity index is 0.000000168. The standard InChI is InChI=1S/C14H17ClN2OS.C7H3Cl2NS/c15-11-1-2-12-13(9-11)19-14(16-12)17-6-3-10(4-7-17)5-8-18;8-4-1-2-5-6(3-4)11-7(9)10-5/h1-2,9-10,18H,3-8H2;1-3H. The molecule has 0 saturated carbocycles. The Hall–Kier alpha value is -1.15. The molecule has 5 rings (SSSR count). The fourth-order valence-electron chi connectivity index (χ4n) is 3.49. The van der Waals surface area contributed by atoms with E-state index in [4.69, 9.17) is 39.9 Å². The second-order valence-corrected chi connectivity index (χ2v) is 10.6. The van der Waals surface area contributed by atoms with Crippen molar-refractivity contribution in [1.29, 1.82) is 0 Å². The van der Waals surface area contributed by atoms with Crippen LogP contribution in [-0.4, -0.2) is 34.8 Å². The summed E-state index contributed by atoms with van der Waals surface area (Å²) in [4.78, 5) is 11.1. The monoisotopic (exact) mass is 499 g/mol. The Morgan fingerprint density at radius 3 is 2.13 bits per heavy atom. The van der Waals surface area contributed by atoms with Crippen molar-refractivity contribution in [1.82, 2.24) is 9.97 Å². The molecule has 0 unspecified atom stereocenters. The number of hydrogen-bond acceptors (Lipinski definition) is 6. The number of rotatable bonds is 3. The van der Waals surface area contributed by atoms with Crippen molar-refractivity contribution in [3.63, 3.8) is 0 Å². The summed E-state index contributed by atoms with van der Waals surface area (Å²) in [5, 5.41) is 11.6. The van der Waals surface area contributed by atoms with Gasteiger partial charge in [0.15, 0.2) is 9.60 Å². The third-order valence-electron chi connectivity index (χ3n) is 5.09. The second-order valence-electron chi connectivity index (χ2n) is 7.13. The summed E-state index contributed by atoms with van der Waals surface area (Å²) in [6, 6.07) is 11.4. The molecule has 1 N–H and O–H groups in total. The zero-order chi connectivity index (χ0) is 21.1. The van der Waals surface area contributed by atoms with Crippen molar-refractivity contribution in [3.05, 3.63) is 50.9 Å². The maximum Gasteiger partial charge on any atom is 0.186 e. The molecule has 1 saturated heterocycles. The van der Waals surface area contributed by atoms with Crippen LogP contribution in [0.15, 0.2) is 36.4 Å². The second kappa shape index (κ2) is 9.98.